The third-order valence-electron chi connectivity index (χ3n) is 3.64. The summed E-state index contributed by atoms with van der Waals surface area (Å²) < 4.78 is 0. The highest BCUT2D eigenvalue weighted by Gasteiger charge is 2.31. The smallest absolute Gasteiger partial charge is 0.257 e. The molecule has 0 saturated carbocycles. The average Bonchev–Trinajstić information content (AvgIpc) is 3.07. The van der Waals surface area contributed by atoms with E-state index in [0.29, 0.717) is 5.56 Å². The second-order valence-corrected chi connectivity index (χ2v) is 4.85. The number of H-pyrrole nitrogens is 1. The van der Waals surface area contributed by atoms with Crippen molar-refractivity contribution in [1.29, 1.82) is 0 Å². The Morgan fingerprint density at radius 2 is 2.37 bits per heavy atom. The van der Waals surface area contributed by atoms with Crippen molar-refractivity contribution in [2.24, 2.45) is 0 Å². The van der Waals surface area contributed by atoms with Crippen molar-refractivity contribution in [3.8, 4) is 0 Å². The molecule has 3 heterocycles. The predicted molar refractivity (Wildman–Crippen MR) is 70.6 cm³/mol. The van der Waals surface area contributed by atoms with Crippen LogP contribution in [0.4, 0.5) is 0 Å². The van der Waals surface area contributed by atoms with Crippen LogP contribution < -0.4 is 0 Å². The van der Waals surface area contributed by atoms with Gasteiger partial charge in [0.2, 0.25) is 0 Å². The average molecular weight is 256 g/mol. The van der Waals surface area contributed by atoms with Crippen LogP contribution in [-0.2, 0) is 0 Å². The molecule has 0 aromatic carbocycles. The lowest BCUT2D eigenvalue weighted by Gasteiger charge is -2.24. The number of likely N-dealkylation sites (tertiary alicyclic amines) is 1. The Bertz CT molecular complexity index is 578. The van der Waals surface area contributed by atoms with Gasteiger partial charge in [0.1, 0.15) is 0 Å². The number of pyridine rings is 1. The third kappa shape index (κ3) is 2.12. The molecule has 1 N–H and O–H groups in total. The van der Waals surface area contributed by atoms with Crippen molar-refractivity contribution in [2.75, 3.05) is 6.54 Å². The number of aromatic nitrogens is 3. The lowest BCUT2D eigenvalue weighted by atomic mass is 10.1. The largest absolute Gasteiger partial charge is 0.331 e. The number of aromatic amines is 1. The summed E-state index contributed by atoms with van der Waals surface area (Å²) in [5.74, 6) is 0.0533. The maximum Gasteiger partial charge on any atom is 0.257 e. The minimum atomic E-state index is 0.0533. The van der Waals surface area contributed by atoms with Crippen LogP contribution in [-0.4, -0.2) is 32.5 Å². The van der Waals surface area contributed by atoms with Crippen molar-refractivity contribution in [2.45, 2.75) is 25.8 Å². The fraction of sp³-hybridized carbons (Fsp3) is 0.357. The lowest BCUT2D eigenvalue weighted by molar-refractivity contribution is 0.0735. The van der Waals surface area contributed by atoms with Gasteiger partial charge in [-0.25, -0.2) is 0 Å². The Morgan fingerprint density at radius 1 is 1.47 bits per heavy atom. The second-order valence-electron chi connectivity index (χ2n) is 4.85. The Labute approximate surface area is 111 Å². The molecular formula is C14H16N4O. The van der Waals surface area contributed by atoms with Gasteiger partial charge in [0.05, 0.1) is 17.8 Å². The first kappa shape index (κ1) is 11.9. The zero-order valence-electron chi connectivity index (χ0n) is 10.8. The van der Waals surface area contributed by atoms with Crippen LogP contribution in [0.2, 0.25) is 0 Å². The zero-order valence-corrected chi connectivity index (χ0v) is 10.8. The number of rotatable bonds is 2. The minimum absolute atomic E-state index is 0.0533. The summed E-state index contributed by atoms with van der Waals surface area (Å²) in [5.41, 5.74) is 2.59. The highest BCUT2D eigenvalue weighted by atomic mass is 16.2. The van der Waals surface area contributed by atoms with Crippen LogP contribution >= 0.6 is 0 Å². The van der Waals surface area contributed by atoms with E-state index in [4.69, 9.17) is 0 Å². The first-order valence-electron chi connectivity index (χ1n) is 6.48. The Kier molecular flexibility index (Phi) is 3.03. The molecule has 0 radical (unpaired) electrons. The molecule has 0 aliphatic carbocycles. The molecular weight excluding hydrogens is 240 g/mol. The van der Waals surface area contributed by atoms with Gasteiger partial charge in [0.25, 0.3) is 5.91 Å². The summed E-state index contributed by atoms with van der Waals surface area (Å²) in [7, 11) is 0. The first-order chi connectivity index (χ1) is 9.27. The first-order valence-corrected chi connectivity index (χ1v) is 6.48. The SMILES string of the molecule is Cc1[nH]ncc1C(=O)N1CCCC1c1cccnc1. The van der Waals surface area contributed by atoms with Gasteiger partial charge in [0, 0.05) is 24.6 Å². The van der Waals surface area contributed by atoms with Gasteiger partial charge in [-0.3, -0.25) is 14.9 Å². The number of nitrogens with one attached hydrogen (secondary N) is 1. The molecule has 1 aliphatic rings. The highest BCUT2D eigenvalue weighted by Crippen LogP contribution is 2.32. The topological polar surface area (TPSA) is 61.9 Å². The summed E-state index contributed by atoms with van der Waals surface area (Å²) >= 11 is 0. The number of carbonyl (C=O) groups excluding carboxylic acids is 1. The number of nitrogens with zero attached hydrogens (tertiary/aromatic N) is 3. The van der Waals surface area contributed by atoms with E-state index in [1.165, 1.54) is 0 Å². The number of hydrogen-bond acceptors (Lipinski definition) is 3. The molecule has 19 heavy (non-hydrogen) atoms. The fourth-order valence-electron chi connectivity index (χ4n) is 2.65. The summed E-state index contributed by atoms with van der Waals surface area (Å²) in [5, 5.41) is 6.74. The molecule has 1 unspecified atom stereocenters. The molecule has 5 heteroatoms. The van der Waals surface area contributed by atoms with E-state index in [1.54, 1.807) is 12.4 Å². The number of hydrogen-bond donors (Lipinski definition) is 1. The molecule has 1 saturated heterocycles. The molecule has 3 rings (SSSR count). The normalized spacial score (nSPS) is 18.8. The standard InChI is InChI=1S/C14H16N4O/c1-10-12(9-16-17-10)14(19)18-7-3-5-13(18)11-4-2-6-15-8-11/h2,4,6,8-9,13H,3,5,7H2,1H3,(H,16,17). The summed E-state index contributed by atoms with van der Waals surface area (Å²) in [4.78, 5) is 18.6. The molecule has 2 aromatic rings. The van der Waals surface area contributed by atoms with Crippen LogP contribution in [0.25, 0.3) is 0 Å². The van der Waals surface area contributed by atoms with E-state index in [9.17, 15) is 4.79 Å². The van der Waals surface area contributed by atoms with Crippen LogP contribution in [0.3, 0.4) is 0 Å². The predicted octanol–water partition coefficient (Wildman–Crippen LogP) is 2.09. The number of carbonyl (C=O) groups is 1. The molecule has 1 amide bonds. The monoisotopic (exact) mass is 256 g/mol. The summed E-state index contributed by atoms with van der Waals surface area (Å²) in [6, 6.07) is 4.08. The zero-order chi connectivity index (χ0) is 13.2. The van der Waals surface area contributed by atoms with Gasteiger partial charge >= 0.3 is 0 Å². The van der Waals surface area contributed by atoms with Crippen molar-refractivity contribution in [3.05, 3.63) is 47.5 Å². The van der Waals surface area contributed by atoms with Crippen molar-refractivity contribution in [3.63, 3.8) is 0 Å². The van der Waals surface area contributed by atoms with E-state index in [1.807, 2.05) is 30.2 Å². The van der Waals surface area contributed by atoms with Gasteiger partial charge < -0.3 is 4.90 Å². The maximum absolute atomic E-state index is 12.6. The van der Waals surface area contributed by atoms with E-state index >= 15 is 0 Å². The highest BCUT2D eigenvalue weighted by molar-refractivity contribution is 5.95. The Morgan fingerprint density at radius 3 is 3.05 bits per heavy atom. The molecule has 1 aliphatic heterocycles. The molecule has 0 spiro atoms. The van der Waals surface area contributed by atoms with Crippen LogP contribution in [0, 0.1) is 6.92 Å². The van der Waals surface area contributed by atoms with Crippen molar-refractivity contribution < 1.29 is 4.79 Å². The quantitative estimate of drug-likeness (QED) is 0.895. The van der Waals surface area contributed by atoms with Gasteiger partial charge in [-0.15, -0.1) is 0 Å². The second kappa shape index (κ2) is 4.84. The molecule has 1 fully saturated rings. The molecule has 5 nitrogen and oxygen atoms in total. The molecule has 98 valence electrons. The fourth-order valence-corrected chi connectivity index (χ4v) is 2.65. The van der Waals surface area contributed by atoms with Crippen molar-refractivity contribution in [1.82, 2.24) is 20.1 Å². The van der Waals surface area contributed by atoms with E-state index in [0.717, 1.165) is 30.6 Å². The Balaban J connectivity index is 1.88. The van der Waals surface area contributed by atoms with Crippen LogP contribution in [0.15, 0.2) is 30.7 Å². The molecule has 2 aromatic heterocycles. The van der Waals surface area contributed by atoms with Crippen molar-refractivity contribution >= 4 is 5.91 Å². The summed E-state index contributed by atoms with van der Waals surface area (Å²) in [6.07, 6.45) is 7.23. The van der Waals surface area contributed by atoms with E-state index in [-0.39, 0.29) is 11.9 Å². The maximum atomic E-state index is 12.6. The summed E-state index contributed by atoms with van der Waals surface area (Å²) in [6.45, 7) is 2.67. The number of aryl methyl sites for hydroxylation is 1. The third-order valence-corrected chi connectivity index (χ3v) is 3.64. The molecule has 0 bridgehead atoms. The minimum Gasteiger partial charge on any atom is -0.331 e. The van der Waals surface area contributed by atoms with E-state index < -0.39 is 0 Å². The Hall–Kier alpha value is -2.17. The lowest BCUT2D eigenvalue weighted by Crippen LogP contribution is -2.30. The van der Waals surface area contributed by atoms with Gasteiger partial charge in [-0.05, 0) is 31.4 Å². The van der Waals surface area contributed by atoms with Crippen LogP contribution in [0.1, 0.15) is 40.5 Å². The van der Waals surface area contributed by atoms with Gasteiger partial charge in [-0.2, -0.15) is 5.10 Å². The van der Waals surface area contributed by atoms with Gasteiger partial charge in [-0.1, -0.05) is 6.07 Å². The molecule has 1 atom stereocenters. The van der Waals surface area contributed by atoms with E-state index in [2.05, 4.69) is 15.2 Å². The van der Waals surface area contributed by atoms with Gasteiger partial charge in [0.15, 0.2) is 0 Å². The number of amides is 1. The van der Waals surface area contributed by atoms with Crippen LogP contribution in [0.5, 0.6) is 0 Å².